The van der Waals surface area contributed by atoms with Gasteiger partial charge in [0.2, 0.25) is 0 Å². The van der Waals surface area contributed by atoms with Crippen LogP contribution in [0.1, 0.15) is 112 Å². The van der Waals surface area contributed by atoms with Gasteiger partial charge in [-0.3, -0.25) is 0 Å². The average molecular weight is 413 g/mol. The summed E-state index contributed by atoms with van der Waals surface area (Å²) < 4.78 is 0. The SMILES string of the molecule is CC(C)C(C)CCC[C@@H](C)[C@H]1CC=C2C3=C(CC[C@@]21C)[C@@]1(C)CC[C@@H](O)C[C@@H]1CC3. The van der Waals surface area contributed by atoms with Crippen LogP contribution in [0.4, 0.5) is 0 Å². The summed E-state index contributed by atoms with van der Waals surface area (Å²) in [5.41, 5.74) is 6.14. The third-order valence-electron chi connectivity index (χ3n) is 10.6. The quantitative estimate of drug-likeness (QED) is 0.467. The van der Waals surface area contributed by atoms with Crippen LogP contribution in [0.15, 0.2) is 22.8 Å². The van der Waals surface area contributed by atoms with E-state index >= 15 is 0 Å². The Labute approximate surface area is 186 Å². The minimum Gasteiger partial charge on any atom is -0.393 e. The van der Waals surface area contributed by atoms with Gasteiger partial charge in [-0.05, 0) is 103 Å². The molecule has 0 amide bonds. The van der Waals surface area contributed by atoms with Crippen LogP contribution in [0.3, 0.4) is 0 Å². The fourth-order valence-electron chi connectivity index (χ4n) is 8.03. The Morgan fingerprint density at radius 1 is 1.00 bits per heavy atom. The van der Waals surface area contributed by atoms with Crippen molar-refractivity contribution >= 4 is 0 Å². The van der Waals surface area contributed by atoms with Gasteiger partial charge in [-0.2, -0.15) is 0 Å². The van der Waals surface area contributed by atoms with Gasteiger partial charge in [0.25, 0.3) is 0 Å². The second-order valence-electron chi connectivity index (χ2n) is 12.5. The van der Waals surface area contributed by atoms with Crippen molar-refractivity contribution in [3.05, 3.63) is 22.8 Å². The van der Waals surface area contributed by atoms with E-state index in [1.165, 1.54) is 57.8 Å². The second kappa shape index (κ2) is 8.42. The van der Waals surface area contributed by atoms with Crippen molar-refractivity contribution in [3.63, 3.8) is 0 Å². The first kappa shape index (κ1) is 22.6. The van der Waals surface area contributed by atoms with E-state index in [1.807, 2.05) is 5.57 Å². The fraction of sp³-hybridized carbons (Fsp3) is 0.862. The van der Waals surface area contributed by atoms with E-state index in [0.717, 1.165) is 36.5 Å². The molecule has 4 aliphatic carbocycles. The van der Waals surface area contributed by atoms with Gasteiger partial charge >= 0.3 is 0 Å². The van der Waals surface area contributed by atoms with Crippen LogP contribution in [0, 0.1) is 40.4 Å². The molecule has 0 aromatic carbocycles. The minimum absolute atomic E-state index is 0.0478. The van der Waals surface area contributed by atoms with E-state index in [1.54, 1.807) is 11.1 Å². The van der Waals surface area contributed by atoms with Crippen molar-refractivity contribution < 1.29 is 5.11 Å². The number of aliphatic hydroxyl groups excluding tert-OH is 1. The highest BCUT2D eigenvalue weighted by Crippen LogP contribution is 2.64. The monoisotopic (exact) mass is 412 g/mol. The van der Waals surface area contributed by atoms with Crippen LogP contribution in [-0.2, 0) is 0 Å². The molecule has 4 aliphatic rings. The predicted molar refractivity (Wildman–Crippen MR) is 128 cm³/mol. The lowest BCUT2D eigenvalue weighted by atomic mass is 9.51. The van der Waals surface area contributed by atoms with Crippen LogP contribution in [0.2, 0.25) is 0 Å². The summed E-state index contributed by atoms with van der Waals surface area (Å²) in [6.07, 6.45) is 16.6. The van der Waals surface area contributed by atoms with Gasteiger partial charge in [-0.15, -0.1) is 0 Å². The predicted octanol–water partition coefficient (Wildman–Crippen LogP) is 8.09. The van der Waals surface area contributed by atoms with Crippen molar-refractivity contribution in [2.75, 3.05) is 0 Å². The van der Waals surface area contributed by atoms with Gasteiger partial charge in [0.05, 0.1) is 6.10 Å². The summed E-state index contributed by atoms with van der Waals surface area (Å²) >= 11 is 0. The molecule has 0 radical (unpaired) electrons. The van der Waals surface area contributed by atoms with Gasteiger partial charge in [0.1, 0.15) is 0 Å². The summed E-state index contributed by atoms with van der Waals surface area (Å²) in [5, 5.41) is 10.3. The molecule has 4 rings (SSSR count). The van der Waals surface area contributed by atoms with Gasteiger partial charge in [0.15, 0.2) is 0 Å². The smallest absolute Gasteiger partial charge is 0.0543 e. The molecule has 1 fully saturated rings. The van der Waals surface area contributed by atoms with Crippen LogP contribution >= 0.6 is 0 Å². The molecule has 1 N–H and O–H groups in total. The summed E-state index contributed by atoms with van der Waals surface area (Å²) in [7, 11) is 0. The first-order chi connectivity index (χ1) is 14.2. The lowest BCUT2D eigenvalue weighted by Gasteiger charge is -2.54. The fourth-order valence-corrected chi connectivity index (χ4v) is 8.03. The molecular formula is C29H48O. The summed E-state index contributed by atoms with van der Waals surface area (Å²) in [4.78, 5) is 0. The Balaban J connectivity index is 1.48. The first-order valence-electron chi connectivity index (χ1n) is 13.3. The molecule has 0 heterocycles. The maximum absolute atomic E-state index is 10.3. The van der Waals surface area contributed by atoms with Gasteiger partial charge in [0, 0.05) is 0 Å². The Hall–Kier alpha value is -0.560. The minimum atomic E-state index is -0.0478. The zero-order valence-corrected chi connectivity index (χ0v) is 20.8. The Morgan fingerprint density at radius 3 is 2.50 bits per heavy atom. The van der Waals surface area contributed by atoms with E-state index in [0.29, 0.717) is 16.7 Å². The molecule has 1 saturated carbocycles. The van der Waals surface area contributed by atoms with Gasteiger partial charge in [-0.25, -0.2) is 0 Å². The van der Waals surface area contributed by atoms with Crippen molar-refractivity contribution in [1.82, 2.24) is 0 Å². The van der Waals surface area contributed by atoms with Crippen LogP contribution in [-0.4, -0.2) is 11.2 Å². The molecule has 170 valence electrons. The third kappa shape index (κ3) is 3.76. The second-order valence-corrected chi connectivity index (χ2v) is 12.5. The molecule has 0 bridgehead atoms. The van der Waals surface area contributed by atoms with Crippen LogP contribution in [0.5, 0.6) is 0 Å². The molecule has 0 aromatic rings. The maximum Gasteiger partial charge on any atom is 0.0543 e. The highest BCUT2D eigenvalue weighted by atomic mass is 16.3. The standard InChI is InChI=1S/C29H48O/c1-19(2)20(3)8-7-9-21(4)25-12-13-26-24-11-10-22-18-23(30)14-16-28(22,5)27(24)15-17-29(25,26)6/h13,19-23,25,30H,7-12,14-18H2,1-6H3/t20?,21-,22+,23-,25-,28+,29-/m1/s1. The number of fused-ring (bicyclic) bond motifs is 4. The number of aliphatic hydroxyl groups is 1. The van der Waals surface area contributed by atoms with Crippen molar-refractivity contribution in [2.45, 2.75) is 118 Å². The molecule has 30 heavy (non-hydrogen) atoms. The molecule has 1 heteroatoms. The molecule has 0 aromatic heterocycles. The lowest BCUT2D eigenvalue weighted by Crippen LogP contribution is -2.44. The van der Waals surface area contributed by atoms with E-state index in [9.17, 15) is 5.11 Å². The van der Waals surface area contributed by atoms with E-state index in [2.05, 4.69) is 47.6 Å². The summed E-state index contributed by atoms with van der Waals surface area (Å²) in [6.45, 7) is 14.9. The van der Waals surface area contributed by atoms with Gasteiger partial charge in [-0.1, -0.05) is 72.5 Å². The van der Waals surface area contributed by atoms with Gasteiger partial charge < -0.3 is 5.11 Å². The van der Waals surface area contributed by atoms with E-state index in [-0.39, 0.29) is 6.10 Å². The van der Waals surface area contributed by atoms with Crippen LogP contribution < -0.4 is 0 Å². The van der Waals surface area contributed by atoms with Crippen LogP contribution in [0.25, 0.3) is 0 Å². The highest BCUT2D eigenvalue weighted by molar-refractivity contribution is 5.49. The van der Waals surface area contributed by atoms with Crippen molar-refractivity contribution in [1.29, 1.82) is 0 Å². The molecule has 1 nitrogen and oxygen atoms in total. The zero-order chi connectivity index (χ0) is 21.7. The molecule has 1 unspecified atom stereocenters. The Kier molecular flexibility index (Phi) is 6.35. The molecule has 0 spiro atoms. The molecule has 7 atom stereocenters. The number of hydrogen-bond acceptors (Lipinski definition) is 1. The van der Waals surface area contributed by atoms with E-state index in [4.69, 9.17) is 0 Å². The zero-order valence-electron chi connectivity index (χ0n) is 20.8. The number of hydrogen-bond donors (Lipinski definition) is 1. The molecular weight excluding hydrogens is 364 g/mol. The Bertz CT molecular complexity index is 699. The van der Waals surface area contributed by atoms with Crippen molar-refractivity contribution in [3.8, 4) is 0 Å². The summed E-state index contributed by atoms with van der Waals surface area (Å²) in [5.74, 6) is 4.07. The van der Waals surface area contributed by atoms with E-state index < -0.39 is 0 Å². The largest absolute Gasteiger partial charge is 0.393 e. The summed E-state index contributed by atoms with van der Waals surface area (Å²) in [6, 6.07) is 0. The highest BCUT2D eigenvalue weighted by Gasteiger charge is 2.52. The maximum atomic E-state index is 10.3. The lowest BCUT2D eigenvalue weighted by molar-refractivity contribution is 0.0225. The molecule has 0 saturated heterocycles. The van der Waals surface area contributed by atoms with Crippen molar-refractivity contribution in [2.24, 2.45) is 40.4 Å². The average Bonchev–Trinajstić information content (AvgIpc) is 3.05. The normalized spacial score (nSPS) is 40.5. The number of rotatable bonds is 6. The topological polar surface area (TPSA) is 20.2 Å². The molecule has 0 aliphatic heterocycles. The Morgan fingerprint density at radius 2 is 1.77 bits per heavy atom. The number of allylic oxidation sites excluding steroid dienone is 4. The first-order valence-corrected chi connectivity index (χ1v) is 13.3. The third-order valence-corrected chi connectivity index (χ3v) is 10.6.